The number of hydrogen-bond donors (Lipinski definition) is 1. The second kappa shape index (κ2) is 4.03. The van der Waals surface area contributed by atoms with Crippen molar-refractivity contribution in [2.75, 3.05) is 6.79 Å². The van der Waals surface area contributed by atoms with Crippen LogP contribution in [0.25, 0.3) is 0 Å². The number of hydrogen-bond acceptors (Lipinski definition) is 3. The number of rotatable bonds is 1. The van der Waals surface area contributed by atoms with Gasteiger partial charge in [-0.3, -0.25) is 0 Å². The van der Waals surface area contributed by atoms with E-state index in [9.17, 15) is 13.2 Å². The van der Waals surface area contributed by atoms with Crippen molar-refractivity contribution < 1.29 is 22.6 Å². The zero-order valence-electron chi connectivity index (χ0n) is 10.2. The maximum Gasteiger partial charge on any atom is 0.416 e. The molecule has 3 nitrogen and oxygen atoms in total. The summed E-state index contributed by atoms with van der Waals surface area (Å²) in [6, 6.07) is 2.34. The molecule has 1 aliphatic heterocycles. The molecule has 104 valence electrons. The van der Waals surface area contributed by atoms with Crippen LogP contribution >= 0.6 is 0 Å². The Bertz CT molecular complexity index is 507. The fourth-order valence-electron chi connectivity index (χ4n) is 2.96. The monoisotopic (exact) mass is 273 g/mol. The molecule has 1 saturated carbocycles. The highest BCUT2D eigenvalue weighted by Crippen LogP contribution is 2.51. The minimum Gasteiger partial charge on any atom is -0.454 e. The summed E-state index contributed by atoms with van der Waals surface area (Å²) >= 11 is 0. The second-order valence-corrected chi connectivity index (χ2v) is 5.08. The first-order valence-corrected chi connectivity index (χ1v) is 6.21. The average molecular weight is 273 g/mol. The van der Waals surface area contributed by atoms with E-state index in [2.05, 4.69) is 0 Å². The van der Waals surface area contributed by atoms with E-state index in [0.717, 1.165) is 18.9 Å². The largest absolute Gasteiger partial charge is 0.454 e. The van der Waals surface area contributed by atoms with E-state index >= 15 is 0 Å². The number of fused-ring (bicyclic) bond motifs is 1. The third-order valence-corrected chi connectivity index (χ3v) is 3.84. The zero-order valence-corrected chi connectivity index (χ0v) is 10.2. The van der Waals surface area contributed by atoms with Gasteiger partial charge in [0.15, 0.2) is 11.5 Å². The lowest BCUT2D eigenvalue weighted by Gasteiger charge is -2.28. The van der Waals surface area contributed by atoms with Crippen LogP contribution in [0.2, 0.25) is 0 Å². The summed E-state index contributed by atoms with van der Waals surface area (Å²) < 4.78 is 50.0. The van der Waals surface area contributed by atoms with Gasteiger partial charge in [0.1, 0.15) is 0 Å². The van der Waals surface area contributed by atoms with E-state index in [1.54, 1.807) is 0 Å². The van der Waals surface area contributed by atoms with Crippen molar-refractivity contribution in [3.05, 3.63) is 23.3 Å². The summed E-state index contributed by atoms with van der Waals surface area (Å²) in [5.74, 6) is 0.513. The molecule has 1 aromatic carbocycles. The van der Waals surface area contributed by atoms with Crippen molar-refractivity contribution in [2.45, 2.75) is 37.4 Å². The topological polar surface area (TPSA) is 44.5 Å². The van der Waals surface area contributed by atoms with Crippen molar-refractivity contribution in [3.8, 4) is 11.5 Å². The summed E-state index contributed by atoms with van der Waals surface area (Å²) in [5.41, 5.74) is 4.60. The second-order valence-electron chi connectivity index (χ2n) is 5.08. The molecule has 19 heavy (non-hydrogen) atoms. The number of halogens is 3. The van der Waals surface area contributed by atoms with Crippen molar-refractivity contribution in [1.29, 1.82) is 0 Å². The number of nitrogens with two attached hydrogens (primary N) is 1. The van der Waals surface area contributed by atoms with Crippen LogP contribution in [0.1, 0.15) is 36.8 Å². The molecule has 2 aliphatic rings. The van der Waals surface area contributed by atoms with Crippen LogP contribution in [0.3, 0.4) is 0 Å². The Morgan fingerprint density at radius 1 is 1.11 bits per heavy atom. The fourth-order valence-corrected chi connectivity index (χ4v) is 2.96. The van der Waals surface area contributed by atoms with E-state index in [1.807, 2.05) is 0 Å². The van der Waals surface area contributed by atoms with Gasteiger partial charge < -0.3 is 15.2 Å². The van der Waals surface area contributed by atoms with E-state index in [0.29, 0.717) is 18.6 Å². The van der Waals surface area contributed by atoms with Gasteiger partial charge in [-0.05, 0) is 25.0 Å². The van der Waals surface area contributed by atoms with Gasteiger partial charge in [0.25, 0.3) is 0 Å². The first-order valence-electron chi connectivity index (χ1n) is 6.21. The maximum atomic E-state index is 13.2. The van der Waals surface area contributed by atoms with Gasteiger partial charge in [0.05, 0.1) is 5.56 Å². The van der Waals surface area contributed by atoms with Crippen LogP contribution in [-0.2, 0) is 11.7 Å². The number of benzene rings is 1. The Hall–Kier alpha value is -1.43. The van der Waals surface area contributed by atoms with Crippen molar-refractivity contribution in [1.82, 2.24) is 0 Å². The molecule has 1 heterocycles. The predicted octanol–water partition coefficient (Wildman–Crippen LogP) is 3.16. The first-order chi connectivity index (χ1) is 8.92. The maximum absolute atomic E-state index is 13.2. The fraction of sp³-hybridized carbons (Fsp3) is 0.538. The van der Waals surface area contributed by atoms with Gasteiger partial charge in [-0.1, -0.05) is 12.8 Å². The van der Waals surface area contributed by atoms with Crippen LogP contribution in [0.4, 0.5) is 13.2 Å². The predicted molar refractivity (Wildman–Crippen MR) is 61.9 cm³/mol. The smallest absolute Gasteiger partial charge is 0.416 e. The molecule has 0 aromatic heterocycles. The lowest BCUT2D eigenvalue weighted by atomic mass is 9.84. The van der Waals surface area contributed by atoms with Gasteiger partial charge in [-0.15, -0.1) is 0 Å². The molecule has 0 bridgehead atoms. The number of alkyl halides is 3. The molecular weight excluding hydrogens is 259 g/mol. The van der Waals surface area contributed by atoms with E-state index in [1.165, 1.54) is 6.07 Å². The molecule has 0 atom stereocenters. The lowest BCUT2D eigenvalue weighted by molar-refractivity contribution is -0.138. The van der Waals surface area contributed by atoms with Gasteiger partial charge in [0.2, 0.25) is 6.79 Å². The standard InChI is InChI=1S/C13H14F3NO2/c14-13(15,16)8-3-4-9-11(19-7-18-9)10(8)12(17)5-1-2-6-12/h3-4H,1-2,5-7,17H2. The highest BCUT2D eigenvalue weighted by molar-refractivity contribution is 5.56. The Kier molecular flexibility index (Phi) is 2.67. The molecule has 3 rings (SSSR count). The van der Waals surface area contributed by atoms with Gasteiger partial charge in [-0.2, -0.15) is 13.2 Å². The van der Waals surface area contributed by atoms with E-state index < -0.39 is 17.3 Å². The summed E-state index contributed by atoms with van der Waals surface area (Å²) in [4.78, 5) is 0. The molecule has 2 N–H and O–H groups in total. The SMILES string of the molecule is NC1(c2c(C(F)(F)F)ccc3c2OCO3)CCCC1. The Labute approximate surface area is 108 Å². The highest BCUT2D eigenvalue weighted by atomic mass is 19.4. The number of ether oxygens (including phenoxy) is 2. The minimum absolute atomic E-state index is 0.0558. The third-order valence-electron chi connectivity index (χ3n) is 3.84. The Morgan fingerprint density at radius 2 is 1.79 bits per heavy atom. The van der Waals surface area contributed by atoms with Crippen molar-refractivity contribution in [3.63, 3.8) is 0 Å². The molecule has 1 aromatic rings. The third kappa shape index (κ3) is 1.94. The van der Waals surface area contributed by atoms with Crippen LogP contribution in [-0.4, -0.2) is 6.79 Å². The van der Waals surface area contributed by atoms with E-state index in [-0.39, 0.29) is 18.1 Å². The van der Waals surface area contributed by atoms with Crippen LogP contribution in [0.5, 0.6) is 11.5 Å². The molecule has 0 radical (unpaired) electrons. The van der Waals surface area contributed by atoms with Crippen molar-refractivity contribution >= 4 is 0 Å². The van der Waals surface area contributed by atoms with Crippen LogP contribution in [0, 0.1) is 0 Å². The molecule has 1 fully saturated rings. The Balaban J connectivity index is 2.22. The minimum atomic E-state index is -4.44. The quantitative estimate of drug-likeness (QED) is 0.854. The van der Waals surface area contributed by atoms with Crippen LogP contribution < -0.4 is 15.2 Å². The summed E-state index contributed by atoms with van der Waals surface area (Å²) in [7, 11) is 0. The normalized spacial score (nSPS) is 20.8. The molecular formula is C13H14F3NO2. The molecule has 0 saturated heterocycles. The Morgan fingerprint density at radius 3 is 2.42 bits per heavy atom. The zero-order chi connectivity index (χ0) is 13.7. The molecule has 0 unspecified atom stereocenters. The molecule has 0 amide bonds. The molecule has 1 aliphatic carbocycles. The summed E-state index contributed by atoms with van der Waals surface area (Å²) in [5, 5.41) is 0. The molecule has 0 spiro atoms. The van der Waals surface area contributed by atoms with Gasteiger partial charge in [0, 0.05) is 11.1 Å². The summed E-state index contributed by atoms with van der Waals surface area (Å²) in [6.07, 6.45) is -1.70. The first kappa shape index (κ1) is 12.6. The van der Waals surface area contributed by atoms with Crippen LogP contribution in [0.15, 0.2) is 12.1 Å². The highest BCUT2D eigenvalue weighted by Gasteiger charge is 2.45. The molecule has 6 heteroatoms. The summed E-state index contributed by atoms with van der Waals surface area (Å²) in [6.45, 7) is -0.0558. The lowest BCUT2D eigenvalue weighted by Crippen LogP contribution is -2.36. The van der Waals surface area contributed by atoms with Gasteiger partial charge in [-0.25, -0.2) is 0 Å². The average Bonchev–Trinajstić information content (AvgIpc) is 2.95. The van der Waals surface area contributed by atoms with Gasteiger partial charge >= 0.3 is 6.18 Å². The van der Waals surface area contributed by atoms with E-state index in [4.69, 9.17) is 15.2 Å². The van der Waals surface area contributed by atoms with Crippen molar-refractivity contribution in [2.24, 2.45) is 5.73 Å².